The van der Waals surface area contributed by atoms with Crippen molar-refractivity contribution >= 4 is 58.1 Å². The van der Waals surface area contributed by atoms with Gasteiger partial charge in [0.1, 0.15) is 11.5 Å². The van der Waals surface area contributed by atoms with E-state index in [0.717, 1.165) is 0 Å². The Morgan fingerprint density at radius 2 is 1.24 bits per heavy atom. The van der Waals surface area contributed by atoms with E-state index in [0.29, 0.717) is 19.9 Å². The number of furan rings is 2. The van der Waals surface area contributed by atoms with Crippen LogP contribution in [0.25, 0.3) is 0 Å². The van der Waals surface area contributed by atoms with Crippen LogP contribution >= 0.6 is 24.4 Å². The molecular weight excluding hydrogens is 346 g/mol. The minimum atomic E-state index is 0. The van der Waals surface area contributed by atoms with Crippen LogP contribution in [0, 0.1) is 0 Å². The Morgan fingerprint density at radius 3 is 1.35 bits per heavy atom. The van der Waals surface area contributed by atoms with Crippen LogP contribution in [-0.2, 0) is 44.7 Å². The Hall–Kier alpha value is -0.197. The maximum atomic E-state index is 4.85. The fraction of sp³-hybridized carbons (Fsp3) is 0. The van der Waals surface area contributed by atoms with Gasteiger partial charge in [-0.1, -0.05) is 8.39 Å². The van der Waals surface area contributed by atoms with Crippen LogP contribution in [0.15, 0.2) is 45.6 Å². The Morgan fingerprint density at radius 1 is 0.882 bits per heavy atom. The Balaban J connectivity index is 0.000000284. The Labute approximate surface area is 134 Å². The molecule has 0 spiro atoms. The Kier molecular flexibility index (Phi) is 8.73. The quantitative estimate of drug-likeness (QED) is 0.469. The third-order valence-electron chi connectivity index (χ3n) is 1.44. The van der Waals surface area contributed by atoms with E-state index in [4.69, 9.17) is 8.83 Å². The molecule has 0 aliphatic heterocycles. The minimum Gasteiger partial charge on any atom is -0.466 e. The third-order valence-corrected chi connectivity index (χ3v) is 2.25. The van der Waals surface area contributed by atoms with Crippen molar-refractivity contribution in [2.45, 2.75) is 0 Å². The van der Waals surface area contributed by atoms with Crippen molar-refractivity contribution in [3.05, 3.63) is 48.3 Å². The largest absolute Gasteiger partial charge is 2.00 e. The fourth-order valence-electron chi connectivity index (χ4n) is 0.789. The predicted molar refractivity (Wildman–Crippen MR) is 75.5 cm³/mol. The number of hydrogen-bond acceptors (Lipinski definition) is 6. The van der Waals surface area contributed by atoms with Crippen molar-refractivity contribution in [2.24, 2.45) is 0 Å². The first-order chi connectivity index (χ1) is 7.61. The van der Waals surface area contributed by atoms with Crippen LogP contribution < -0.4 is 0 Å². The summed E-state index contributed by atoms with van der Waals surface area (Å²) in [5.74, 6) is 1.21. The smallest absolute Gasteiger partial charge is 0.466 e. The maximum Gasteiger partial charge on any atom is 2.00 e. The van der Waals surface area contributed by atoms with Crippen molar-refractivity contribution in [1.29, 1.82) is 0 Å². The summed E-state index contributed by atoms with van der Waals surface area (Å²) in [7, 11) is 0. The van der Waals surface area contributed by atoms with Gasteiger partial charge < -0.3 is 58.5 Å². The van der Waals surface area contributed by atoms with Gasteiger partial charge in [0.15, 0.2) is 0 Å². The molecule has 0 radical (unpaired) electrons. The number of thiocarbonyl (C=S) groups is 2. The molecule has 0 aromatic carbocycles. The standard InChI is InChI=1S/2C5H4OS2.Zn/c2*7-5(8)4-2-1-3-6-4;/h2*1-3H,(H,7,8);/q;;+2/p-2. The van der Waals surface area contributed by atoms with Gasteiger partial charge in [0.2, 0.25) is 0 Å². The molecule has 2 nitrogen and oxygen atoms in total. The monoisotopic (exact) mass is 350 g/mol. The summed E-state index contributed by atoms with van der Waals surface area (Å²) in [5, 5.41) is 0. The third kappa shape index (κ3) is 6.33. The van der Waals surface area contributed by atoms with Crippen molar-refractivity contribution in [2.75, 3.05) is 0 Å². The summed E-state index contributed by atoms with van der Waals surface area (Å²) in [6, 6.07) is 7.01. The van der Waals surface area contributed by atoms with E-state index < -0.39 is 0 Å². The van der Waals surface area contributed by atoms with E-state index in [1.807, 2.05) is 0 Å². The van der Waals surface area contributed by atoms with E-state index >= 15 is 0 Å². The van der Waals surface area contributed by atoms with E-state index in [2.05, 4.69) is 49.7 Å². The average Bonchev–Trinajstić information content (AvgIpc) is 2.93. The van der Waals surface area contributed by atoms with Gasteiger partial charge in [0.05, 0.1) is 12.5 Å². The van der Waals surface area contributed by atoms with Crippen LogP contribution in [0.5, 0.6) is 0 Å². The first-order valence-electron chi connectivity index (χ1n) is 4.11. The van der Waals surface area contributed by atoms with Gasteiger partial charge in [-0.3, -0.25) is 0 Å². The molecular formula is C10H6O2S4Zn. The minimum absolute atomic E-state index is 0. The van der Waals surface area contributed by atoms with Crippen molar-refractivity contribution < 1.29 is 28.3 Å². The first kappa shape index (κ1) is 16.8. The molecule has 7 heteroatoms. The van der Waals surface area contributed by atoms with Crippen LogP contribution in [0.2, 0.25) is 0 Å². The van der Waals surface area contributed by atoms with E-state index in [-0.39, 0.29) is 19.5 Å². The SMILES string of the molecule is S=C([S-])c1ccco1.S=C([S-])c1ccco1.[Zn+2]. The van der Waals surface area contributed by atoms with Crippen molar-refractivity contribution in [3.8, 4) is 0 Å². The molecule has 2 heterocycles. The first-order valence-corrected chi connectivity index (χ1v) is 5.74. The topological polar surface area (TPSA) is 26.3 Å². The summed E-state index contributed by atoms with van der Waals surface area (Å²) in [6.45, 7) is 0. The fourth-order valence-corrected chi connectivity index (χ4v) is 1.25. The van der Waals surface area contributed by atoms with Gasteiger partial charge in [-0.05, 0) is 24.3 Å². The molecule has 17 heavy (non-hydrogen) atoms. The maximum absolute atomic E-state index is 4.85. The molecule has 0 amide bonds. The Bertz CT molecular complexity index is 406. The molecule has 2 rings (SSSR count). The zero-order valence-electron chi connectivity index (χ0n) is 8.62. The van der Waals surface area contributed by atoms with Crippen LogP contribution in [0.4, 0.5) is 0 Å². The van der Waals surface area contributed by atoms with Gasteiger partial charge in [-0.25, -0.2) is 0 Å². The van der Waals surface area contributed by atoms with Crippen LogP contribution in [-0.4, -0.2) is 8.39 Å². The zero-order chi connectivity index (χ0) is 12.0. The molecule has 0 atom stereocenters. The van der Waals surface area contributed by atoms with Crippen LogP contribution in [0.1, 0.15) is 11.5 Å². The molecule has 84 valence electrons. The van der Waals surface area contributed by atoms with E-state index in [1.54, 1.807) is 36.8 Å². The molecule has 0 aliphatic carbocycles. The molecule has 0 bridgehead atoms. The number of hydrogen-bond donors (Lipinski definition) is 0. The number of rotatable bonds is 2. The second kappa shape index (κ2) is 8.83. The molecule has 0 fully saturated rings. The normalized spacial score (nSPS) is 8.47. The molecule has 0 unspecified atom stereocenters. The van der Waals surface area contributed by atoms with Gasteiger partial charge in [-0.15, -0.1) is 0 Å². The zero-order valence-corrected chi connectivity index (χ0v) is 14.9. The molecule has 0 N–H and O–H groups in total. The van der Waals surface area contributed by atoms with Gasteiger partial charge in [0.25, 0.3) is 0 Å². The molecule has 2 aromatic heterocycles. The van der Waals surface area contributed by atoms with Crippen molar-refractivity contribution in [3.63, 3.8) is 0 Å². The predicted octanol–water partition coefficient (Wildman–Crippen LogP) is 3.00. The second-order valence-corrected chi connectivity index (χ2v) is 4.68. The van der Waals surface area contributed by atoms with Crippen molar-refractivity contribution in [1.82, 2.24) is 0 Å². The van der Waals surface area contributed by atoms with E-state index in [9.17, 15) is 0 Å². The van der Waals surface area contributed by atoms with Gasteiger partial charge >= 0.3 is 19.5 Å². The summed E-state index contributed by atoms with van der Waals surface area (Å²) in [5.41, 5.74) is 0. The van der Waals surface area contributed by atoms with Gasteiger partial charge in [-0.2, -0.15) is 0 Å². The van der Waals surface area contributed by atoms with Gasteiger partial charge in [0, 0.05) is 0 Å². The molecule has 2 aromatic rings. The molecule has 0 saturated carbocycles. The average molecular weight is 352 g/mol. The molecule has 0 saturated heterocycles. The van der Waals surface area contributed by atoms with Crippen LogP contribution in [0.3, 0.4) is 0 Å². The summed E-state index contributed by atoms with van der Waals surface area (Å²) in [4.78, 5) is 0. The summed E-state index contributed by atoms with van der Waals surface area (Å²) >= 11 is 18.5. The van der Waals surface area contributed by atoms with E-state index in [1.165, 1.54) is 0 Å². The molecule has 0 aliphatic rings. The summed E-state index contributed by atoms with van der Waals surface area (Å²) < 4.78 is 10.5. The summed E-state index contributed by atoms with van der Waals surface area (Å²) in [6.07, 6.45) is 3.10. The second-order valence-electron chi connectivity index (χ2n) is 2.53.